The van der Waals surface area contributed by atoms with E-state index in [9.17, 15) is 13.9 Å². The van der Waals surface area contributed by atoms with Crippen molar-refractivity contribution >= 4 is 23.2 Å². The molecule has 6 heteroatoms. The number of hydrogen-bond acceptors (Lipinski definition) is 2. The summed E-state index contributed by atoms with van der Waals surface area (Å²) < 4.78 is 32.6. The minimum absolute atomic E-state index is 0.0214. The van der Waals surface area contributed by atoms with Gasteiger partial charge in [-0.05, 0) is 6.07 Å². The van der Waals surface area contributed by atoms with Gasteiger partial charge in [-0.25, -0.2) is 8.78 Å². The summed E-state index contributed by atoms with van der Waals surface area (Å²) in [4.78, 5) is 0. The quantitative estimate of drug-likeness (QED) is 0.911. The Morgan fingerprint density at radius 1 is 1.15 bits per heavy atom. The number of benzene rings is 2. The van der Waals surface area contributed by atoms with Gasteiger partial charge in [0.2, 0.25) is 0 Å². The zero-order valence-electron chi connectivity index (χ0n) is 10.3. The monoisotopic (exact) mass is 318 g/mol. The van der Waals surface area contributed by atoms with Gasteiger partial charge >= 0.3 is 0 Å². The number of ether oxygens (including phenoxy) is 1. The molecule has 0 aliphatic heterocycles. The van der Waals surface area contributed by atoms with E-state index in [0.717, 1.165) is 12.1 Å². The van der Waals surface area contributed by atoms with Crippen LogP contribution < -0.4 is 4.74 Å². The lowest BCUT2D eigenvalue weighted by Crippen LogP contribution is -2.07. The molecule has 0 amide bonds. The third kappa shape index (κ3) is 2.73. The first kappa shape index (κ1) is 15.0. The van der Waals surface area contributed by atoms with Crippen molar-refractivity contribution in [3.05, 3.63) is 63.1 Å². The predicted octanol–water partition coefficient (Wildman–Crippen LogP) is 4.36. The molecule has 0 fully saturated rings. The highest BCUT2D eigenvalue weighted by atomic mass is 35.5. The van der Waals surface area contributed by atoms with E-state index in [1.807, 2.05) is 0 Å². The van der Waals surface area contributed by atoms with Crippen LogP contribution in [0.1, 0.15) is 17.2 Å². The summed E-state index contributed by atoms with van der Waals surface area (Å²) in [7, 11) is 1.29. The number of rotatable bonds is 3. The third-order valence-corrected chi connectivity index (χ3v) is 3.67. The Kier molecular flexibility index (Phi) is 4.48. The van der Waals surface area contributed by atoms with Gasteiger partial charge in [-0.2, -0.15) is 0 Å². The zero-order valence-corrected chi connectivity index (χ0v) is 11.8. The maximum absolute atomic E-state index is 13.9. The maximum Gasteiger partial charge on any atom is 0.135 e. The molecule has 2 nitrogen and oxygen atoms in total. The van der Waals surface area contributed by atoms with Gasteiger partial charge in [0.15, 0.2) is 0 Å². The van der Waals surface area contributed by atoms with Crippen LogP contribution in [0.25, 0.3) is 0 Å². The molecule has 20 heavy (non-hydrogen) atoms. The van der Waals surface area contributed by atoms with Crippen LogP contribution in [-0.2, 0) is 0 Å². The molecule has 0 aliphatic rings. The molecular formula is C14H10Cl2F2O2. The lowest BCUT2D eigenvalue weighted by molar-refractivity contribution is 0.208. The molecule has 106 valence electrons. The highest BCUT2D eigenvalue weighted by Crippen LogP contribution is 2.36. The van der Waals surface area contributed by atoms with E-state index in [4.69, 9.17) is 27.9 Å². The Morgan fingerprint density at radius 3 is 2.30 bits per heavy atom. The second-order valence-corrected chi connectivity index (χ2v) is 4.84. The van der Waals surface area contributed by atoms with E-state index in [1.54, 1.807) is 0 Å². The van der Waals surface area contributed by atoms with Crippen molar-refractivity contribution in [2.24, 2.45) is 0 Å². The molecule has 2 rings (SSSR count). The Bertz CT molecular complexity index is 624. The van der Waals surface area contributed by atoms with Crippen LogP contribution in [0.5, 0.6) is 5.75 Å². The number of hydrogen-bond donors (Lipinski definition) is 1. The van der Waals surface area contributed by atoms with E-state index >= 15 is 0 Å². The van der Waals surface area contributed by atoms with Crippen LogP contribution in [0.15, 0.2) is 30.3 Å². The molecule has 0 aliphatic carbocycles. The zero-order chi connectivity index (χ0) is 14.9. The van der Waals surface area contributed by atoms with Crippen LogP contribution >= 0.6 is 23.2 Å². The van der Waals surface area contributed by atoms with Crippen LogP contribution in [0.3, 0.4) is 0 Å². The summed E-state index contributed by atoms with van der Waals surface area (Å²) in [6.07, 6.45) is -1.56. The van der Waals surface area contributed by atoms with Crippen molar-refractivity contribution in [2.45, 2.75) is 6.10 Å². The molecule has 1 N–H and O–H groups in total. The SMILES string of the molecule is COc1cc(F)c(C(O)c2cccc(Cl)c2Cl)c(F)c1. The van der Waals surface area contributed by atoms with Gasteiger partial charge in [-0.15, -0.1) is 0 Å². The highest BCUT2D eigenvalue weighted by molar-refractivity contribution is 6.42. The van der Waals surface area contributed by atoms with Crippen molar-refractivity contribution in [1.29, 1.82) is 0 Å². The summed E-state index contributed by atoms with van der Waals surface area (Å²) in [6.45, 7) is 0. The van der Waals surface area contributed by atoms with Crippen molar-refractivity contribution in [2.75, 3.05) is 7.11 Å². The van der Waals surface area contributed by atoms with Crippen molar-refractivity contribution in [1.82, 2.24) is 0 Å². The molecule has 0 saturated heterocycles. The van der Waals surface area contributed by atoms with Crippen LogP contribution in [0, 0.1) is 11.6 Å². The van der Waals surface area contributed by atoms with E-state index in [2.05, 4.69) is 0 Å². The Hall–Kier alpha value is -1.36. The van der Waals surface area contributed by atoms with Gasteiger partial charge < -0.3 is 9.84 Å². The molecule has 0 saturated carbocycles. The van der Waals surface area contributed by atoms with Gasteiger partial charge in [0.25, 0.3) is 0 Å². The molecule has 0 aromatic heterocycles. The molecule has 2 aromatic carbocycles. The second kappa shape index (κ2) is 5.95. The van der Waals surface area contributed by atoms with Gasteiger partial charge in [0, 0.05) is 17.7 Å². The number of aliphatic hydroxyl groups is 1. The number of halogens is 4. The molecule has 0 heterocycles. The van der Waals surface area contributed by atoms with Gasteiger partial charge in [0.1, 0.15) is 23.5 Å². The van der Waals surface area contributed by atoms with Crippen molar-refractivity contribution < 1.29 is 18.6 Å². The van der Waals surface area contributed by atoms with Gasteiger partial charge in [0.05, 0.1) is 22.7 Å². The Morgan fingerprint density at radius 2 is 1.75 bits per heavy atom. The third-order valence-electron chi connectivity index (χ3n) is 2.84. The first-order valence-corrected chi connectivity index (χ1v) is 6.36. The van der Waals surface area contributed by atoms with Crippen LogP contribution in [0.4, 0.5) is 8.78 Å². The first-order valence-electron chi connectivity index (χ1n) is 5.60. The van der Waals surface area contributed by atoms with Gasteiger partial charge in [-0.1, -0.05) is 35.3 Å². The average molecular weight is 319 g/mol. The predicted molar refractivity (Wildman–Crippen MR) is 73.4 cm³/mol. The molecule has 0 bridgehead atoms. The lowest BCUT2D eigenvalue weighted by Gasteiger charge is -2.16. The van der Waals surface area contributed by atoms with Gasteiger partial charge in [-0.3, -0.25) is 0 Å². The number of methoxy groups -OCH3 is 1. The lowest BCUT2D eigenvalue weighted by atomic mass is 10.00. The maximum atomic E-state index is 13.9. The minimum atomic E-state index is -1.56. The number of aliphatic hydroxyl groups excluding tert-OH is 1. The second-order valence-electron chi connectivity index (χ2n) is 4.05. The van der Waals surface area contributed by atoms with E-state index in [-0.39, 0.29) is 21.4 Å². The smallest absolute Gasteiger partial charge is 0.135 e. The van der Waals surface area contributed by atoms with E-state index in [0.29, 0.717) is 0 Å². The van der Waals surface area contributed by atoms with Crippen molar-refractivity contribution in [3.63, 3.8) is 0 Å². The normalized spacial score (nSPS) is 12.3. The molecule has 0 radical (unpaired) electrons. The Labute approximate surface area is 124 Å². The average Bonchev–Trinajstić information content (AvgIpc) is 2.40. The fraction of sp³-hybridized carbons (Fsp3) is 0.143. The highest BCUT2D eigenvalue weighted by Gasteiger charge is 2.23. The molecule has 1 unspecified atom stereocenters. The van der Waals surface area contributed by atoms with E-state index in [1.165, 1.54) is 25.3 Å². The summed E-state index contributed by atoms with van der Waals surface area (Å²) >= 11 is 11.8. The molecular weight excluding hydrogens is 309 g/mol. The fourth-order valence-electron chi connectivity index (χ4n) is 1.83. The summed E-state index contributed by atoms with van der Waals surface area (Å²) in [6, 6.07) is 6.47. The topological polar surface area (TPSA) is 29.5 Å². The minimum Gasteiger partial charge on any atom is -0.497 e. The Balaban J connectivity index is 2.54. The fourth-order valence-corrected chi connectivity index (χ4v) is 2.24. The molecule has 0 spiro atoms. The standard InChI is InChI=1S/C14H10Cl2F2O2/c1-20-7-5-10(17)12(11(18)6-7)14(19)8-3-2-4-9(15)13(8)16/h2-6,14,19H,1H3. The van der Waals surface area contributed by atoms with E-state index < -0.39 is 23.3 Å². The summed E-state index contributed by atoms with van der Waals surface area (Å²) in [5.74, 6) is -1.83. The summed E-state index contributed by atoms with van der Waals surface area (Å²) in [5.41, 5.74) is -0.378. The first-order chi connectivity index (χ1) is 9.45. The molecule has 1 atom stereocenters. The summed E-state index contributed by atoms with van der Waals surface area (Å²) in [5, 5.41) is 10.4. The largest absolute Gasteiger partial charge is 0.497 e. The van der Waals surface area contributed by atoms with Crippen molar-refractivity contribution in [3.8, 4) is 5.75 Å². The molecule has 2 aromatic rings. The van der Waals surface area contributed by atoms with Crippen LogP contribution in [-0.4, -0.2) is 12.2 Å². The van der Waals surface area contributed by atoms with Crippen LogP contribution in [0.2, 0.25) is 10.0 Å².